The second kappa shape index (κ2) is 11.7. The van der Waals surface area contributed by atoms with Crippen LogP contribution in [0.4, 0.5) is 16.3 Å². The molecule has 9 nitrogen and oxygen atoms in total. The molecule has 0 fully saturated rings. The number of ether oxygens (including phenoxy) is 1. The highest BCUT2D eigenvalue weighted by Crippen LogP contribution is 2.29. The highest BCUT2D eigenvalue weighted by Gasteiger charge is 2.24. The van der Waals surface area contributed by atoms with Crippen molar-refractivity contribution in [2.24, 2.45) is 0 Å². The van der Waals surface area contributed by atoms with Crippen molar-refractivity contribution in [1.29, 1.82) is 5.26 Å². The molecule has 0 saturated heterocycles. The van der Waals surface area contributed by atoms with Crippen LogP contribution in [-0.2, 0) is 14.9 Å². The largest absolute Gasteiger partial charge is 0.383 e. The first-order valence-corrected chi connectivity index (χ1v) is 11.7. The molecule has 0 spiro atoms. The monoisotopic (exact) mass is 508 g/mol. The summed E-state index contributed by atoms with van der Waals surface area (Å²) in [5, 5.41) is 19.7. The van der Waals surface area contributed by atoms with E-state index in [0.29, 0.717) is 27.8 Å². The molecule has 0 bridgehead atoms. The van der Waals surface area contributed by atoms with Crippen molar-refractivity contribution in [1.82, 2.24) is 14.7 Å². The topological polar surface area (TPSA) is 112 Å². The molecule has 0 aliphatic heterocycles. The third-order valence-corrected chi connectivity index (χ3v) is 5.60. The number of urea groups is 1. The van der Waals surface area contributed by atoms with Gasteiger partial charge in [-0.3, -0.25) is 4.79 Å². The number of rotatable bonds is 8. The van der Waals surface area contributed by atoms with Crippen LogP contribution >= 0.6 is 11.6 Å². The zero-order valence-corrected chi connectivity index (χ0v) is 21.5. The van der Waals surface area contributed by atoms with E-state index in [-0.39, 0.29) is 25.1 Å². The fourth-order valence-corrected chi connectivity index (χ4v) is 3.50. The number of halogens is 1. The van der Waals surface area contributed by atoms with Gasteiger partial charge in [0.05, 0.1) is 34.6 Å². The molecule has 3 aromatic rings. The number of hydrogen-bond donors (Lipinski definition) is 2. The Balaban J connectivity index is 1.80. The van der Waals surface area contributed by atoms with E-state index in [4.69, 9.17) is 21.6 Å². The predicted molar refractivity (Wildman–Crippen MR) is 140 cm³/mol. The van der Waals surface area contributed by atoms with E-state index in [0.717, 1.165) is 5.69 Å². The Morgan fingerprint density at radius 3 is 2.44 bits per heavy atom. The number of carbonyl (C=O) groups is 2. The first kappa shape index (κ1) is 26.7. The Morgan fingerprint density at radius 1 is 1.14 bits per heavy atom. The SMILES string of the molecule is COCCN(CC(=O)Nc1cc(C(C)(C)C)nn1-c1ccccc1Cl)C(=O)Nc1ccc(C#N)cc1. The minimum absolute atomic E-state index is 0.197. The average Bonchev–Trinajstić information content (AvgIpc) is 3.26. The summed E-state index contributed by atoms with van der Waals surface area (Å²) in [6.07, 6.45) is 0. The van der Waals surface area contributed by atoms with Gasteiger partial charge in [0.15, 0.2) is 0 Å². The summed E-state index contributed by atoms with van der Waals surface area (Å²) in [6, 6.07) is 17.0. The number of nitrogens with one attached hydrogen (secondary N) is 2. The van der Waals surface area contributed by atoms with E-state index >= 15 is 0 Å². The van der Waals surface area contributed by atoms with Crippen LogP contribution in [0.5, 0.6) is 0 Å². The molecule has 3 rings (SSSR count). The number of amides is 3. The molecule has 0 unspecified atom stereocenters. The Kier molecular flexibility index (Phi) is 8.69. The van der Waals surface area contributed by atoms with Crippen molar-refractivity contribution in [3.63, 3.8) is 0 Å². The van der Waals surface area contributed by atoms with E-state index in [1.807, 2.05) is 45.0 Å². The number of carbonyl (C=O) groups excluding carboxylic acids is 2. The van der Waals surface area contributed by atoms with Crippen molar-refractivity contribution in [2.75, 3.05) is 37.4 Å². The second-order valence-electron chi connectivity index (χ2n) is 9.11. The molecular weight excluding hydrogens is 480 g/mol. The molecule has 0 aliphatic carbocycles. The molecule has 0 atom stereocenters. The predicted octanol–water partition coefficient (Wildman–Crippen LogP) is 4.81. The van der Waals surface area contributed by atoms with Gasteiger partial charge in [0.2, 0.25) is 5.91 Å². The summed E-state index contributed by atoms with van der Waals surface area (Å²) in [5.74, 6) is 0.0342. The molecule has 3 amide bonds. The van der Waals surface area contributed by atoms with E-state index in [1.54, 1.807) is 41.1 Å². The van der Waals surface area contributed by atoms with Crippen molar-refractivity contribution in [3.8, 4) is 11.8 Å². The van der Waals surface area contributed by atoms with Gasteiger partial charge < -0.3 is 20.3 Å². The normalized spacial score (nSPS) is 11.0. The molecule has 10 heteroatoms. The lowest BCUT2D eigenvalue weighted by atomic mass is 9.92. The Labute approximate surface area is 215 Å². The maximum absolute atomic E-state index is 13.1. The fourth-order valence-electron chi connectivity index (χ4n) is 3.28. The Hall–Kier alpha value is -3.87. The van der Waals surface area contributed by atoms with E-state index in [9.17, 15) is 9.59 Å². The van der Waals surface area contributed by atoms with Gasteiger partial charge in [0.25, 0.3) is 0 Å². The number of nitrogens with zero attached hydrogens (tertiary/aromatic N) is 4. The summed E-state index contributed by atoms with van der Waals surface area (Å²) >= 11 is 6.40. The van der Waals surface area contributed by atoms with Crippen LogP contribution in [0.2, 0.25) is 5.02 Å². The van der Waals surface area contributed by atoms with Gasteiger partial charge in [-0.15, -0.1) is 0 Å². The molecule has 0 aliphatic rings. The third kappa shape index (κ3) is 6.84. The summed E-state index contributed by atoms with van der Waals surface area (Å²) in [4.78, 5) is 27.3. The van der Waals surface area contributed by atoms with Crippen LogP contribution < -0.4 is 10.6 Å². The van der Waals surface area contributed by atoms with Gasteiger partial charge in [0, 0.05) is 30.8 Å². The van der Waals surface area contributed by atoms with E-state index in [1.165, 1.54) is 12.0 Å². The standard InChI is InChI=1S/C26H29ClN6O3/c1-26(2,3)22-15-23(33(31-22)21-8-6-5-7-20(21)27)30-24(34)17-32(13-14-36-4)25(35)29-19-11-9-18(16-28)10-12-19/h5-12,15H,13-14,17H2,1-4H3,(H,29,35)(H,30,34). The van der Waals surface area contributed by atoms with Gasteiger partial charge in [0.1, 0.15) is 12.4 Å². The summed E-state index contributed by atoms with van der Waals surface area (Å²) in [6.45, 7) is 6.31. The van der Waals surface area contributed by atoms with Gasteiger partial charge in [-0.05, 0) is 36.4 Å². The number of aromatic nitrogens is 2. The highest BCUT2D eigenvalue weighted by molar-refractivity contribution is 6.32. The summed E-state index contributed by atoms with van der Waals surface area (Å²) in [5.41, 5.74) is 2.12. The molecule has 188 valence electrons. The molecule has 1 heterocycles. The Morgan fingerprint density at radius 2 is 1.83 bits per heavy atom. The van der Waals surface area contributed by atoms with Crippen LogP contribution in [-0.4, -0.2) is 53.4 Å². The van der Waals surface area contributed by atoms with Crippen LogP contribution in [0.3, 0.4) is 0 Å². The van der Waals surface area contributed by atoms with E-state index in [2.05, 4.69) is 15.7 Å². The quantitative estimate of drug-likeness (QED) is 0.453. The minimum atomic E-state index is -0.470. The molecule has 0 saturated carbocycles. The first-order chi connectivity index (χ1) is 17.1. The number of hydrogen-bond acceptors (Lipinski definition) is 5. The fraction of sp³-hybridized carbons (Fsp3) is 0.308. The van der Waals surface area contributed by atoms with Crippen LogP contribution in [0, 0.1) is 11.3 Å². The zero-order chi connectivity index (χ0) is 26.3. The summed E-state index contributed by atoms with van der Waals surface area (Å²) < 4.78 is 6.71. The van der Waals surface area contributed by atoms with Crippen LogP contribution in [0.1, 0.15) is 32.0 Å². The number of methoxy groups -OCH3 is 1. The lowest BCUT2D eigenvalue weighted by Gasteiger charge is -2.22. The Bertz CT molecular complexity index is 1260. The minimum Gasteiger partial charge on any atom is -0.383 e. The average molecular weight is 509 g/mol. The number of anilines is 2. The van der Waals surface area contributed by atoms with Crippen molar-refractivity contribution in [2.45, 2.75) is 26.2 Å². The maximum Gasteiger partial charge on any atom is 0.322 e. The molecule has 36 heavy (non-hydrogen) atoms. The molecule has 2 N–H and O–H groups in total. The van der Waals surface area contributed by atoms with Gasteiger partial charge in [-0.1, -0.05) is 44.5 Å². The lowest BCUT2D eigenvalue weighted by molar-refractivity contribution is -0.116. The first-order valence-electron chi connectivity index (χ1n) is 11.3. The van der Waals surface area contributed by atoms with Gasteiger partial charge in [-0.2, -0.15) is 10.4 Å². The highest BCUT2D eigenvalue weighted by atomic mass is 35.5. The summed E-state index contributed by atoms with van der Waals surface area (Å²) in [7, 11) is 1.52. The smallest absolute Gasteiger partial charge is 0.322 e. The van der Waals surface area contributed by atoms with Gasteiger partial charge in [-0.25, -0.2) is 9.48 Å². The number of para-hydroxylation sites is 1. The van der Waals surface area contributed by atoms with Crippen LogP contribution in [0.15, 0.2) is 54.6 Å². The van der Waals surface area contributed by atoms with E-state index < -0.39 is 11.9 Å². The molecule has 1 aromatic heterocycles. The lowest BCUT2D eigenvalue weighted by Crippen LogP contribution is -2.42. The second-order valence-corrected chi connectivity index (χ2v) is 9.52. The van der Waals surface area contributed by atoms with Crippen molar-refractivity contribution >= 4 is 35.0 Å². The molecule has 2 aromatic carbocycles. The maximum atomic E-state index is 13.1. The van der Waals surface area contributed by atoms with Crippen molar-refractivity contribution < 1.29 is 14.3 Å². The molecule has 0 radical (unpaired) electrons. The third-order valence-electron chi connectivity index (χ3n) is 5.28. The number of nitriles is 1. The van der Waals surface area contributed by atoms with Crippen LogP contribution in [0.25, 0.3) is 5.69 Å². The van der Waals surface area contributed by atoms with Crippen molar-refractivity contribution in [3.05, 3.63) is 70.9 Å². The molecular formula is C26H29ClN6O3. The zero-order valence-electron chi connectivity index (χ0n) is 20.7. The number of benzene rings is 2. The van der Waals surface area contributed by atoms with Gasteiger partial charge >= 0.3 is 6.03 Å².